The molecule has 0 aromatic heterocycles. The van der Waals surface area contributed by atoms with Gasteiger partial charge in [-0.25, -0.2) is 0 Å². The van der Waals surface area contributed by atoms with E-state index in [9.17, 15) is 27.9 Å². The van der Waals surface area contributed by atoms with Gasteiger partial charge in [0.05, 0.1) is 13.2 Å². The molecule has 2 aromatic rings. The number of carbonyl (C=O) groups is 2. The molecule has 200 valence electrons. The number of carboxylic acid groups (broad SMARTS) is 1. The molecule has 3 aliphatic rings. The van der Waals surface area contributed by atoms with E-state index in [-0.39, 0.29) is 30.3 Å². The maximum atomic E-state index is 13.2. The van der Waals surface area contributed by atoms with E-state index >= 15 is 0 Å². The van der Waals surface area contributed by atoms with Crippen LogP contribution >= 0.6 is 0 Å². The average Bonchev–Trinajstić information content (AvgIpc) is 2.93. The fourth-order valence-corrected chi connectivity index (χ4v) is 6.97. The lowest BCUT2D eigenvalue weighted by atomic mass is 9.77. The number of hydrogen-bond donors (Lipinski definition) is 0. The van der Waals surface area contributed by atoms with Crippen LogP contribution in [0.1, 0.15) is 45.1 Å². The monoisotopic (exact) mass is 517 g/mol. The Hall–Kier alpha value is -2.81. The number of carboxylic acids is 1. The van der Waals surface area contributed by atoms with Crippen LogP contribution in [-0.2, 0) is 16.1 Å². The Balaban J connectivity index is 1.47. The van der Waals surface area contributed by atoms with Crippen molar-refractivity contribution in [1.82, 2.24) is 9.80 Å². The summed E-state index contributed by atoms with van der Waals surface area (Å²) in [6.45, 7) is 4.09. The summed E-state index contributed by atoms with van der Waals surface area (Å²) in [4.78, 5) is 28.5. The molecule has 3 fully saturated rings. The molecule has 3 bridgehead atoms. The Morgan fingerprint density at radius 1 is 1.05 bits per heavy atom. The summed E-state index contributed by atoms with van der Waals surface area (Å²) in [6, 6.07) is 11.5. The third kappa shape index (κ3) is 4.90. The number of carbonyl (C=O) groups excluding carboxylic acids is 2. The number of likely N-dealkylation sites (tertiary alicyclic amines) is 1. The van der Waals surface area contributed by atoms with Crippen molar-refractivity contribution in [3.05, 3.63) is 42.0 Å². The number of alkyl halides is 3. The quantitative estimate of drug-likeness (QED) is 0.560. The maximum Gasteiger partial charge on any atom is 0.397 e. The summed E-state index contributed by atoms with van der Waals surface area (Å²) < 4.78 is 44.8. The van der Waals surface area contributed by atoms with Gasteiger partial charge in [0.2, 0.25) is 5.91 Å². The van der Waals surface area contributed by atoms with Crippen LogP contribution in [0.4, 0.5) is 13.2 Å². The number of rotatable bonds is 7. The van der Waals surface area contributed by atoms with Crippen LogP contribution in [0.3, 0.4) is 0 Å². The molecule has 3 saturated heterocycles. The third-order valence-corrected chi connectivity index (χ3v) is 8.59. The second-order valence-electron chi connectivity index (χ2n) is 11.6. The average molecular weight is 518 g/mol. The number of amides is 1. The standard InChI is InChI=1S/C28H33F3N2O4/c1-27(2,26(35)36)12-21-22-9-17-10-23(25(21)33(15-17)24(34)13-28(29,30)31)32(22)14-16-4-5-19-11-20(37-3)7-6-18(19)8-16/h4-8,11,17,21-23,25H,9-10,12-15H2,1-3H3,(H,35,36)/p-1/t17-,21+,22+,23-,25?/m1/s1. The second kappa shape index (κ2) is 9.19. The molecule has 2 aromatic carbocycles. The van der Waals surface area contributed by atoms with Gasteiger partial charge in [-0.15, -0.1) is 0 Å². The summed E-state index contributed by atoms with van der Waals surface area (Å²) in [7, 11) is 1.62. The van der Waals surface area contributed by atoms with E-state index in [0.29, 0.717) is 13.1 Å². The zero-order valence-corrected chi connectivity index (χ0v) is 21.3. The highest BCUT2D eigenvalue weighted by molar-refractivity contribution is 5.84. The Labute approximate surface area is 214 Å². The number of aliphatic carboxylic acids is 1. The SMILES string of the molecule is COc1ccc2cc(CN3[C@@H]4C[C@H]5C[C@H]3[C@H](CC(C)(C)C(=O)[O-])C4N(C(=O)CC(F)(F)F)C5)ccc2c1. The molecule has 0 aliphatic carbocycles. The number of fused-ring (bicyclic) bond motifs is 3. The van der Waals surface area contributed by atoms with Crippen LogP contribution in [0.25, 0.3) is 10.8 Å². The molecule has 37 heavy (non-hydrogen) atoms. The van der Waals surface area contributed by atoms with Crippen LogP contribution in [0.5, 0.6) is 5.75 Å². The van der Waals surface area contributed by atoms with Gasteiger partial charge in [-0.05, 0) is 65.6 Å². The Kier molecular flexibility index (Phi) is 6.41. The lowest BCUT2D eigenvalue weighted by Crippen LogP contribution is -2.58. The smallest absolute Gasteiger partial charge is 0.397 e. The topological polar surface area (TPSA) is 72.9 Å². The van der Waals surface area contributed by atoms with Crippen molar-refractivity contribution >= 4 is 22.6 Å². The first-order valence-electron chi connectivity index (χ1n) is 12.8. The zero-order chi connectivity index (χ0) is 26.7. The normalized spacial score (nSPS) is 27.6. The predicted octanol–water partition coefficient (Wildman–Crippen LogP) is 3.76. The van der Waals surface area contributed by atoms with Crippen LogP contribution < -0.4 is 9.84 Å². The van der Waals surface area contributed by atoms with Crippen molar-refractivity contribution in [3.8, 4) is 5.75 Å². The first-order valence-corrected chi connectivity index (χ1v) is 12.8. The Morgan fingerprint density at radius 2 is 1.73 bits per heavy atom. The highest BCUT2D eigenvalue weighted by Gasteiger charge is 2.59. The van der Waals surface area contributed by atoms with Crippen LogP contribution in [0.2, 0.25) is 0 Å². The van der Waals surface area contributed by atoms with Crippen molar-refractivity contribution in [3.63, 3.8) is 0 Å². The van der Waals surface area contributed by atoms with E-state index in [4.69, 9.17) is 4.74 Å². The lowest BCUT2D eigenvalue weighted by molar-refractivity contribution is -0.318. The molecule has 1 amide bonds. The molecule has 9 heteroatoms. The van der Waals surface area contributed by atoms with Gasteiger partial charge in [0, 0.05) is 36.6 Å². The van der Waals surface area contributed by atoms with Gasteiger partial charge < -0.3 is 19.5 Å². The molecule has 3 aliphatic heterocycles. The van der Waals surface area contributed by atoms with E-state index in [1.165, 1.54) is 4.90 Å². The Bertz CT molecular complexity index is 1210. The summed E-state index contributed by atoms with van der Waals surface area (Å²) in [5.41, 5.74) is -0.0921. The fraction of sp³-hybridized carbons (Fsp3) is 0.571. The van der Waals surface area contributed by atoms with Crippen molar-refractivity contribution in [1.29, 1.82) is 0 Å². The number of nitrogens with zero attached hydrogens (tertiary/aromatic N) is 2. The van der Waals surface area contributed by atoms with Gasteiger partial charge in [0.1, 0.15) is 12.2 Å². The summed E-state index contributed by atoms with van der Waals surface area (Å²) >= 11 is 0. The van der Waals surface area contributed by atoms with E-state index in [2.05, 4.69) is 11.0 Å². The fourth-order valence-electron chi connectivity index (χ4n) is 6.97. The summed E-state index contributed by atoms with van der Waals surface area (Å²) in [5, 5.41) is 14.0. The first kappa shape index (κ1) is 25.8. The molecule has 0 spiro atoms. The lowest BCUT2D eigenvalue weighted by Gasteiger charge is -2.47. The van der Waals surface area contributed by atoms with Gasteiger partial charge in [0.25, 0.3) is 0 Å². The zero-order valence-electron chi connectivity index (χ0n) is 21.3. The number of halogens is 3. The number of benzene rings is 2. The second-order valence-corrected chi connectivity index (χ2v) is 11.6. The molecule has 0 saturated carbocycles. The van der Waals surface area contributed by atoms with Crippen LogP contribution in [0.15, 0.2) is 36.4 Å². The molecule has 5 atom stereocenters. The van der Waals surface area contributed by atoms with E-state index < -0.39 is 35.9 Å². The minimum absolute atomic E-state index is 0.0115. The summed E-state index contributed by atoms with van der Waals surface area (Å²) in [6.07, 6.45) is -4.29. The molecule has 0 N–H and O–H groups in total. The van der Waals surface area contributed by atoms with Gasteiger partial charge in [-0.2, -0.15) is 13.2 Å². The highest BCUT2D eigenvalue weighted by atomic mass is 19.4. The van der Waals surface area contributed by atoms with Crippen LogP contribution in [0, 0.1) is 17.3 Å². The molecular formula is C28H32F3N2O4-. The van der Waals surface area contributed by atoms with Crippen molar-refractivity contribution in [2.45, 2.75) is 70.4 Å². The largest absolute Gasteiger partial charge is 0.550 e. The number of methoxy groups -OCH3 is 1. The van der Waals surface area contributed by atoms with Crippen molar-refractivity contribution in [2.24, 2.45) is 17.3 Å². The molecule has 6 nitrogen and oxygen atoms in total. The number of ether oxygens (including phenoxy) is 1. The van der Waals surface area contributed by atoms with E-state index in [0.717, 1.165) is 34.9 Å². The van der Waals surface area contributed by atoms with Crippen molar-refractivity contribution in [2.75, 3.05) is 13.7 Å². The van der Waals surface area contributed by atoms with E-state index in [1.807, 2.05) is 30.3 Å². The first-order chi connectivity index (χ1) is 17.4. The van der Waals surface area contributed by atoms with Crippen LogP contribution in [-0.4, -0.2) is 59.6 Å². The van der Waals surface area contributed by atoms with Gasteiger partial charge >= 0.3 is 6.18 Å². The molecule has 1 unspecified atom stereocenters. The third-order valence-electron chi connectivity index (χ3n) is 8.59. The summed E-state index contributed by atoms with van der Waals surface area (Å²) in [5.74, 6) is -1.46. The minimum atomic E-state index is -4.58. The van der Waals surface area contributed by atoms with E-state index in [1.54, 1.807) is 21.0 Å². The highest BCUT2D eigenvalue weighted by Crippen LogP contribution is 2.52. The molecule has 0 radical (unpaired) electrons. The van der Waals surface area contributed by atoms with Crippen molar-refractivity contribution < 1.29 is 32.6 Å². The van der Waals surface area contributed by atoms with Gasteiger partial charge in [0.15, 0.2) is 0 Å². The predicted molar refractivity (Wildman–Crippen MR) is 129 cm³/mol. The number of hydrogen-bond acceptors (Lipinski definition) is 5. The molecule has 5 rings (SSSR count). The molecular weight excluding hydrogens is 485 g/mol. The molecule has 3 heterocycles. The Morgan fingerprint density at radius 3 is 2.41 bits per heavy atom. The van der Waals surface area contributed by atoms with Gasteiger partial charge in [-0.3, -0.25) is 9.69 Å². The van der Waals surface area contributed by atoms with Gasteiger partial charge in [-0.1, -0.05) is 32.0 Å². The number of piperidine rings is 2. The maximum absolute atomic E-state index is 13.2. The minimum Gasteiger partial charge on any atom is -0.550 e.